The first-order valence-electron chi connectivity index (χ1n) is 6.76. The predicted molar refractivity (Wildman–Crippen MR) is 71.1 cm³/mol. The van der Waals surface area contributed by atoms with Crippen LogP contribution in [0.4, 0.5) is 4.79 Å². The number of urea groups is 1. The molecule has 1 heterocycles. The number of rotatable bonds is 5. The number of amides is 2. The lowest BCUT2D eigenvalue weighted by molar-refractivity contribution is -0.146. The Morgan fingerprint density at radius 2 is 1.95 bits per heavy atom. The molecule has 2 amide bonds. The number of carboxylic acid groups (broad SMARTS) is 1. The van der Waals surface area contributed by atoms with Crippen LogP contribution in [0.3, 0.4) is 0 Å². The molecule has 0 radical (unpaired) electrons. The third-order valence-corrected chi connectivity index (χ3v) is 3.44. The number of carboxylic acids is 1. The van der Waals surface area contributed by atoms with Gasteiger partial charge in [0.1, 0.15) is 0 Å². The van der Waals surface area contributed by atoms with Gasteiger partial charge in [0.05, 0.1) is 13.0 Å². The van der Waals surface area contributed by atoms with Gasteiger partial charge in [-0.15, -0.1) is 0 Å². The van der Waals surface area contributed by atoms with E-state index in [-0.39, 0.29) is 30.3 Å². The maximum absolute atomic E-state index is 11.9. The van der Waals surface area contributed by atoms with Crippen LogP contribution in [0.2, 0.25) is 0 Å². The lowest BCUT2D eigenvalue weighted by Gasteiger charge is -2.31. The fourth-order valence-corrected chi connectivity index (χ4v) is 2.23. The number of likely N-dealkylation sites (tertiary alicyclic amines) is 1. The van der Waals surface area contributed by atoms with Gasteiger partial charge in [-0.1, -0.05) is 6.92 Å². The molecule has 0 spiro atoms. The van der Waals surface area contributed by atoms with Crippen LogP contribution in [-0.4, -0.2) is 54.7 Å². The zero-order valence-corrected chi connectivity index (χ0v) is 11.9. The molecule has 1 rings (SSSR count). The summed E-state index contributed by atoms with van der Waals surface area (Å²) in [6.45, 7) is 3.14. The number of carbonyl (C=O) groups is 3. The fraction of sp³-hybridized carbons (Fsp3) is 0.769. The van der Waals surface area contributed by atoms with Crippen molar-refractivity contribution < 1.29 is 24.2 Å². The first kappa shape index (κ1) is 16.3. The minimum absolute atomic E-state index is 0.0324. The van der Waals surface area contributed by atoms with Gasteiger partial charge in [-0.25, -0.2) is 4.79 Å². The molecule has 114 valence electrons. The average Bonchev–Trinajstić information content (AvgIpc) is 2.43. The van der Waals surface area contributed by atoms with Crippen molar-refractivity contribution >= 4 is 18.0 Å². The van der Waals surface area contributed by atoms with Gasteiger partial charge in [0.15, 0.2) is 0 Å². The molecule has 1 saturated heterocycles. The van der Waals surface area contributed by atoms with Gasteiger partial charge in [0, 0.05) is 26.1 Å². The lowest BCUT2D eigenvalue weighted by atomic mass is 9.97. The number of piperidine rings is 1. The number of hydrogen-bond acceptors (Lipinski definition) is 4. The van der Waals surface area contributed by atoms with E-state index in [1.165, 1.54) is 7.11 Å². The molecule has 1 aliphatic rings. The summed E-state index contributed by atoms with van der Waals surface area (Å²) in [5.41, 5.74) is 0. The third kappa shape index (κ3) is 5.07. The Morgan fingerprint density at radius 1 is 1.35 bits per heavy atom. The van der Waals surface area contributed by atoms with Gasteiger partial charge in [-0.2, -0.15) is 0 Å². The second kappa shape index (κ2) is 7.72. The van der Waals surface area contributed by atoms with E-state index in [0.29, 0.717) is 32.5 Å². The molecule has 1 atom stereocenters. The Balaban J connectivity index is 2.29. The Labute approximate surface area is 118 Å². The van der Waals surface area contributed by atoms with Gasteiger partial charge < -0.3 is 20.1 Å². The molecular formula is C13H22N2O5. The number of esters is 1. The van der Waals surface area contributed by atoms with E-state index in [0.717, 1.165) is 0 Å². The maximum atomic E-state index is 11.9. The summed E-state index contributed by atoms with van der Waals surface area (Å²) in [4.78, 5) is 35.4. The van der Waals surface area contributed by atoms with E-state index in [9.17, 15) is 14.4 Å². The van der Waals surface area contributed by atoms with Gasteiger partial charge in [0.2, 0.25) is 0 Å². The minimum atomic E-state index is -0.870. The zero-order chi connectivity index (χ0) is 15.1. The first-order chi connectivity index (χ1) is 9.43. The number of ether oxygens (including phenoxy) is 1. The summed E-state index contributed by atoms with van der Waals surface area (Å²) in [5.74, 6) is -1.33. The van der Waals surface area contributed by atoms with Gasteiger partial charge in [-0.05, 0) is 18.8 Å². The monoisotopic (exact) mass is 286 g/mol. The van der Waals surface area contributed by atoms with Crippen molar-refractivity contribution in [3.8, 4) is 0 Å². The van der Waals surface area contributed by atoms with Crippen LogP contribution >= 0.6 is 0 Å². The summed E-state index contributed by atoms with van der Waals surface area (Å²) >= 11 is 0. The largest absolute Gasteiger partial charge is 0.481 e. The molecule has 2 N–H and O–H groups in total. The number of hydrogen-bond donors (Lipinski definition) is 2. The van der Waals surface area contributed by atoms with E-state index in [1.807, 2.05) is 0 Å². The molecule has 7 nitrogen and oxygen atoms in total. The zero-order valence-electron chi connectivity index (χ0n) is 11.9. The van der Waals surface area contributed by atoms with Gasteiger partial charge in [0.25, 0.3) is 0 Å². The van der Waals surface area contributed by atoms with E-state index in [1.54, 1.807) is 11.8 Å². The van der Waals surface area contributed by atoms with E-state index in [2.05, 4.69) is 10.1 Å². The highest BCUT2D eigenvalue weighted by Crippen LogP contribution is 2.18. The summed E-state index contributed by atoms with van der Waals surface area (Å²) in [6.07, 6.45) is 1.24. The van der Waals surface area contributed by atoms with Gasteiger partial charge in [-0.3, -0.25) is 9.59 Å². The molecule has 1 unspecified atom stereocenters. The number of methoxy groups -OCH3 is 1. The van der Waals surface area contributed by atoms with Gasteiger partial charge >= 0.3 is 18.0 Å². The first-order valence-corrected chi connectivity index (χ1v) is 6.76. The van der Waals surface area contributed by atoms with Crippen molar-refractivity contribution in [2.45, 2.75) is 26.2 Å². The highest BCUT2D eigenvalue weighted by atomic mass is 16.5. The van der Waals surface area contributed by atoms with Crippen molar-refractivity contribution in [1.82, 2.24) is 10.2 Å². The second-order valence-electron chi connectivity index (χ2n) is 5.17. The predicted octanol–water partition coefficient (Wildman–Crippen LogP) is 0.692. The molecule has 0 aliphatic carbocycles. The Bertz CT molecular complexity index is 364. The van der Waals surface area contributed by atoms with Crippen LogP contribution < -0.4 is 5.32 Å². The summed E-state index contributed by atoms with van der Waals surface area (Å²) in [7, 11) is 1.37. The van der Waals surface area contributed by atoms with Crippen molar-refractivity contribution in [3.05, 3.63) is 0 Å². The summed E-state index contributed by atoms with van der Waals surface area (Å²) in [5, 5.41) is 11.4. The van der Waals surface area contributed by atoms with Crippen molar-refractivity contribution in [2.75, 3.05) is 26.7 Å². The maximum Gasteiger partial charge on any atom is 0.317 e. The molecule has 7 heteroatoms. The number of nitrogens with one attached hydrogen (secondary N) is 1. The smallest absolute Gasteiger partial charge is 0.317 e. The molecule has 1 aliphatic heterocycles. The average molecular weight is 286 g/mol. The minimum Gasteiger partial charge on any atom is -0.481 e. The Hall–Kier alpha value is -1.79. The van der Waals surface area contributed by atoms with Crippen LogP contribution in [0.25, 0.3) is 0 Å². The second-order valence-corrected chi connectivity index (χ2v) is 5.17. The quantitative estimate of drug-likeness (QED) is 0.725. The highest BCUT2D eigenvalue weighted by molar-refractivity contribution is 5.76. The topological polar surface area (TPSA) is 95.9 Å². The number of carbonyl (C=O) groups excluding carboxylic acids is 2. The third-order valence-electron chi connectivity index (χ3n) is 3.44. The molecular weight excluding hydrogens is 264 g/mol. The highest BCUT2D eigenvalue weighted by Gasteiger charge is 2.27. The summed E-state index contributed by atoms with van der Waals surface area (Å²) < 4.78 is 4.69. The van der Waals surface area contributed by atoms with E-state index < -0.39 is 5.97 Å². The van der Waals surface area contributed by atoms with Crippen LogP contribution in [0, 0.1) is 11.8 Å². The van der Waals surface area contributed by atoms with E-state index >= 15 is 0 Å². The molecule has 0 aromatic rings. The van der Waals surface area contributed by atoms with Crippen LogP contribution in [-0.2, 0) is 14.3 Å². The number of nitrogens with zero attached hydrogens (tertiary/aromatic N) is 1. The molecule has 0 aromatic heterocycles. The van der Waals surface area contributed by atoms with Crippen LogP contribution in [0.5, 0.6) is 0 Å². The van der Waals surface area contributed by atoms with Crippen molar-refractivity contribution in [1.29, 1.82) is 0 Å². The Kier molecular flexibility index (Phi) is 6.27. The Morgan fingerprint density at radius 3 is 2.45 bits per heavy atom. The molecule has 0 bridgehead atoms. The number of aliphatic carboxylic acids is 1. The van der Waals surface area contributed by atoms with Crippen LogP contribution in [0.1, 0.15) is 26.2 Å². The van der Waals surface area contributed by atoms with Crippen molar-refractivity contribution in [3.63, 3.8) is 0 Å². The molecule has 0 aromatic carbocycles. The SMILES string of the molecule is COC(=O)C1CCN(C(=O)NCC(C)CC(=O)O)CC1. The summed E-state index contributed by atoms with van der Waals surface area (Å²) in [6, 6.07) is -0.203. The standard InChI is InChI=1S/C13H22N2O5/c1-9(7-11(16)17)8-14-13(19)15-5-3-10(4-6-15)12(18)20-2/h9-10H,3-8H2,1-2H3,(H,14,19)(H,16,17). The lowest BCUT2D eigenvalue weighted by Crippen LogP contribution is -2.46. The molecule has 1 fully saturated rings. The van der Waals surface area contributed by atoms with Crippen molar-refractivity contribution in [2.24, 2.45) is 11.8 Å². The molecule has 0 saturated carbocycles. The normalized spacial score (nSPS) is 17.4. The molecule has 20 heavy (non-hydrogen) atoms. The van der Waals surface area contributed by atoms with E-state index in [4.69, 9.17) is 5.11 Å². The fourth-order valence-electron chi connectivity index (χ4n) is 2.23. The van der Waals surface area contributed by atoms with Crippen LogP contribution in [0.15, 0.2) is 0 Å².